The number of halogens is 1. The smallest absolute Gasteiger partial charge is 0.324 e. The van der Waals surface area contributed by atoms with E-state index in [1.54, 1.807) is 10.7 Å². The average Bonchev–Trinajstić information content (AvgIpc) is 3.38. The van der Waals surface area contributed by atoms with Crippen LogP contribution >= 0.6 is 0 Å². The molecule has 0 fully saturated rings. The lowest BCUT2D eigenvalue weighted by molar-refractivity contribution is 0.0957. The van der Waals surface area contributed by atoms with E-state index in [0.29, 0.717) is 11.6 Å². The summed E-state index contributed by atoms with van der Waals surface area (Å²) in [5, 5.41) is 14.7. The minimum Gasteiger partial charge on any atom is -0.457 e. The fraction of sp³-hybridized carbons (Fsp3) is 0.161. The number of pyridine rings is 1. The van der Waals surface area contributed by atoms with Gasteiger partial charge in [-0.3, -0.25) is 15.1 Å². The molecule has 208 valence electrons. The van der Waals surface area contributed by atoms with Gasteiger partial charge in [0.2, 0.25) is 0 Å². The van der Waals surface area contributed by atoms with Gasteiger partial charge < -0.3 is 15.4 Å². The third-order valence-corrected chi connectivity index (χ3v) is 6.31. The summed E-state index contributed by atoms with van der Waals surface area (Å²) in [6, 6.07) is 22.1. The number of hydrogen-bond acceptors (Lipinski definition) is 5. The van der Waals surface area contributed by atoms with Crippen LogP contribution in [0.4, 0.5) is 20.7 Å². The van der Waals surface area contributed by atoms with Crippen molar-refractivity contribution >= 4 is 34.2 Å². The Bertz CT molecular complexity index is 1760. The molecule has 0 spiro atoms. The van der Waals surface area contributed by atoms with E-state index in [4.69, 9.17) is 9.84 Å². The predicted octanol–water partition coefficient (Wildman–Crippen LogP) is 6.65. The van der Waals surface area contributed by atoms with E-state index >= 15 is 0 Å². The molecule has 5 rings (SSSR count). The van der Waals surface area contributed by atoms with Crippen LogP contribution in [0, 0.1) is 5.82 Å². The van der Waals surface area contributed by atoms with E-state index in [-0.39, 0.29) is 28.5 Å². The highest BCUT2D eigenvalue weighted by atomic mass is 19.1. The lowest BCUT2D eigenvalue weighted by Crippen LogP contribution is -2.22. The van der Waals surface area contributed by atoms with Gasteiger partial charge >= 0.3 is 6.03 Å². The van der Waals surface area contributed by atoms with Crippen molar-refractivity contribution < 1.29 is 18.7 Å². The molecule has 41 heavy (non-hydrogen) atoms. The zero-order valence-corrected chi connectivity index (χ0v) is 23.0. The Morgan fingerprint density at radius 1 is 0.878 bits per heavy atom. The van der Waals surface area contributed by atoms with Crippen molar-refractivity contribution in [3.63, 3.8) is 0 Å². The van der Waals surface area contributed by atoms with Crippen LogP contribution in [0.25, 0.3) is 16.5 Å². The molecule has 0 bridgehead atoms. The van der Waals surface area contributed by atoms with Crippen LogP contribution in [0.3, 0.4) is 0 Å². The molecule has 2 heterocycles. The lowest BCUT2D eigenvalue weighted by atomic mass is 9.92. The first kappa shape index (κ1) is 27.3. The Morgan fingerprint density at radius 3 is 2.37 bits per heavy atom. The quantitative estimate of drug-likeness (QED) is 0.218. The van der Waals surface area contributed by atoms with E-state index in [0.717, 1.165) is 28.2 Å². The first-order valence-electron chi connectivity index (χ1n) is 12.9. The molecular formula is C31H29FN6O3. The van der Waals surface area contributed by atoms with Crippen LogP contribution in [0.5, 0.6) is 11.5 Å². The van der Waals surface area contributed by atoms with Gasteiger partial charge in [0, 0.05) is 36.9 Å². The number of fused-ring (bicyclic) bond motifs is 1. The number of hydrogen-bond donors (Lipinski definition) is 3. The first-order chi connectivity index (χ1) is 19.6. The van der Waals surface area contributed by atoms with E-state index in [1.807, 2.05) is 69.3 Å². The van der Waals surface area contributed by atoms with Crippen molar-refractivity contribution in [2.45, 2.75) is 26.2 Å². The number of carbonyl (C=O) groups is 2. The van der Waals surface area contributed by atoms with Crippen molar-refractivity contribution in [3.05, 3.63) is 102 Å². The minimum absolute atomic E-state index is 0.0385. The number of amides is 3. The molecular weight excluding hydrogens is 523 g/mol. The first-order valence-corrected chi connectivity index (χ1v) is 12.9. The summed E-state index contributed by atoms with van der Waals surface area (Å²) in [5.41, 5.74) is 1.41. The largest absolute Gasteiger partial charge is 0.457 e. The number of aromatic nitrogens is 3. The maximum absolute atomic E-state index is 15.0. The van der Waals surface area contributed by atoms with Gasteiger partial charge in [-0.15, -0.1) is 0 Å². The fourth-order valence-corrected chi connectivity index (χ4v) is 4.14. The summed E-state index contributed by atoms with van der Waals surface area (Å²) in [6.45, 7) is 6.11. The summed E-state index contributed by atoms with van der Waals surface area (Å²) in [7, 11) is 1.50. The molecule has 0 aliphatic heterocycles. The molecule has 0 atom stereocenters. The van der Waals surface area contributed by atoms with E-state index in [2.05, 4.69) is 20.9 Å². The number of nitrogens with zero attached hydrogens (tertiary/aromatic N) is 3. The van der Waals surface area contributed by atoms with Crippen LogP contribution in [0.15, 0.2) is 85.1 Å². The topological polar surface area (TPSA) is 110 Å². The van der Waals surface area contributed by atoms with Crippen LogP contribution in [-0.4, -0.2) is 33.8 Å². The number of carbonyl (C=O) groups excluding carboxylic acids is 2. The van der Waals surface area contributed by atoms with Gasteiger partial charge in [0.05, 0.1) is 17.1 Å². The molecule has 3 amide bonds. The normalized spacial score (nSPS) is 11.2. The summed E-state index contributed by atoms with van der Waals surface area (Å²) in [5.74, 6) is -0.132. The van der Waals surface area contributed by atoms with Crippen LogP contribution in [0.1, 0.15) is 37.0 Å². The minimum atomic E-state index is -0.698. The van der Waals surface area contributed by atoms with E-state index in [9.17, 15) is 14.0 Å². The standard InChI is InChI=1S/C31H29FN6O3/c1-31(2,3)27-18-28(38(37-27)21-10-9-19-7-5-6-8-20(19)15-21)36-30(40)35-25-12-11-22(16-24(25)32)41-23-13-14-34-26(17-23)29(39)33-4/h5-18H,1-4H3,(H,33,39)(H2,35,36,40). The fourth-order valence-electron chi connectivity index (χ4n) is 4.14. The van der Waals surface area contributed by atoms with Gasteiger partial charge in [-0.25, -0.2) is 13.9 Å². The number of anilines is 2. The molecule has 0 unspecified atom stereocenters. The molecule has 0 saturated carbocycles. The summed E-state index contributed by atoms with van der Waals surface area (Å²) in [4.78, 5) is 28.8. The Balaban J connectivity index is 1.34. The maximum Gasteiger partial charge on any atom is 0.324 e. The average molecular weight is 553 g/mol. The Hall–Kier alpha value is -5.25. The van der Waals surface area contributed by atoms with Crippen LogP contribution < -0.4 is 20.7 Å². The number of urea groups is 1. The van der Waals surface area contributed by atoms with Crippen molar-refractivity contribution in [1.82, 2.24) is 20.1 Å². The lowest BCUT2D eigenvalue weighted by Gasteiger charge is -2.14. The monoisotopic (exact) mass is 552 g/mol. The highest BCUT2D eigenvalue weighted by molar-refractivity contribution is 5.99. The summed E-state index contributed by atoms with van der Waals surface area (Å²) in [6.07, 6.45) is 1.42. The van der Waals surface area contributed by atoms with E-state index < -0.39 is 11.8 Å². The van der Waals surface area contributed by atoms with Crippen molar-refractivity contribution in [3.8, 4) is 17.2 Å². The third-order valence-electron chi connectivity index (χ3n) is 6.31. The molecule has 3 aromatic carbocycles. The molecule has 0 saturated heterocycles. The SMILES string of the molecule is CNC(=O)c1cc(Oc2ccc(NC(=O)Nc3cc(C(C)(C)C)nn3-c3ccc4ccccc4c3)c(F)c2)ccn1. The van der Waals surface area contributed by atoms with Crippen molar-refractivity contribution in [2.75, 3.05) is 17.7 Å². The third kappa shape index (κ3) is 6.17. The molecule has 0 aliphatic carbocycles. The Labute approximate surface area is 236 Å². The zero-order valence-electron chi connectivity index (χ0n) is 23.0. The van der Waals surface area contributed by atoms with Crippen molar-refractivity contribution in [2.24, 2.45) is 0 Å². The van der Waals surface area contributed by atoms with Gasteiger partial charge in [0.1, 0.15) is 28.8 Å². The van der Waals surface area contributed by atoms with Gasteiger partial charge in [0.25, 0.3) is 5.91 Å². The Morgan fingerprint density at radius 2 is 1.63 bits per heavy atom. The zero-order chi connectivity index (χ0) is 29.1. The van der Waals surface area contributed by atoms with Crippen LogP contribution in [-0.2, 0) is 5.41 Å². The number of ether oxygens (including phenoxy) is 1. The molecule has 9 nitrogen and oxygen atoms in total. The second-order valence-corrected chi connectivity index (χ2v) is 10.4. The highest BCUT2D eigenvalue weighted by Crippen LogP contribution is 2.29. The van der Waals surface area contributed by atoms with Gasteiger partial charge in [0.15, 0.2) is 0 Å². The molecule has 0 aliphatic rings. The Kier molecular flexibility index (Phi) is 7.39. The maximum atomic E-state index is 15.0. The van der Waals surface area contributed by atoms with Gasteiger partial charge in [-0.1, -0.05) is 51.1 Å². The number of benzene rings is 3. The molecule has 10 heteroatoms. The molecule has 5 aromatic rings. The number of nitrogens with one attached hydrogen (secondary N) is 3. The van der Waals surface area contributed by atoms with Gasteiger partial charge in [-0.05, 0) is 41.1 Å². The van der Waals surface area contributed by atoms with Crippen LogP contribution in [0.2, 0.25) is 0 Å². The summed E-state index contributed by atoms with van der Waals surface area (Å²) >= 11 is 0. The second-order valence-electron chi connectivity index (χ2n) is 10.4. The number of rotatable bonds is 6. The van der Waals surface area contributed by atoms with Crippen molar-refractivity contribution in [1.29, 1.82) is 0 Å². The highest BCUT2D eigenvalue weighted by Gasteiger charge is 2.22. The predicted molar refractivity (Wildman–Crippen MR) is 157 cm³/mol. The summed E-state index contributed by atoms with van der Waals surface area (Å²) < 4.78 is 22.3. The molecule has 0 radical (unpaired) electrons. The molecule has 2 aromatic heterocycles. The van der Waals surface area contributed by atoms with E-state index in [1.165, 1.54) is 31.4 Å². The second kappa shape index (κ2) is 11.1. The van der Waals surface area contributed by atoms with Gasteiger partial charge in [-0.2, -0.15) is 5.10 Å². The molecule has 3 N–H and O–H groups in total.